The highest BCUT2D eigenvalue weighted by Crippen LogP contribution is 2.48. The molecule has 1 heterocycles. The molecule has 0 spiro atoms. The molecule has 0 amide bonds. The van der Waals surface area contributed by atoms with Crippen molar-refractivity contribution in [1.82, 2.24) is 4.72 Å². The lowest BCUT2D eigenvalue weighted by Gasteiger charge is -2.13. The highest BCUT2D eigenvalue weighted by Gasteiger charge is 2.44. The second-order valence-electron chi connectivity index (χ2n) is 6.05. The van der Waals surface area contributed by atoms with Crippen LogP contribution in [-0.4, -0.2) is 20.8 Å². The summed E-state index contributed by atoms with van der Waals surface area (Å²) in [7, 11) is -3.47. The molecule has 0 bridgehead atoms. The minimum absolute atomic E-state index is 0.0144. The maximum Gasteiger partial charge on any atom is 0.263 e. The summed E-state index contributed by atoms with van der Waals surface area (Å²) in [5.74, 6) is 0.445. The van der Waals surface area contributed by atoms with E-state index < -0.39 is 10.0 Å². The lowest BCUT2D eigenvalue weighted by atomic mass is 9.96. The van der Waals surface area contributed by atoms with E-state index in [4.69, 9.17) is 11.6 Å². The van der Waals surface area contributed by atoms with Gasteiger partial charge in [-0.15, -0.1) is 0 Å². The number of hydrogen-bond acceptors (Lipinski definition) is 3. The van der Waals surface area contributed by atoms with E-state index >= 15 is 0 Å². The predicted octanol–water partition coefficient (Wildman–Crippen LogP) is 3.11. The summed E-state index contributed by atoms with van der Waals surface area (Å²) in [6.45, 7) is 0.570. The molecule has 1 N–H and O–H groups in total. The number of aliphatic imine (C=N–C) groups is 1. The van der Waals surface area contributed by atoms with Crippen molar-refractivity contribution in [1.29, 1.82) is 0 Å². The smallest absolute Gasteiger partial charge is 0.263 e. The third-order valence-electron chi connectivity index (χ3n) is 4.51. The molecule has 4 nitrogen and oxygen atoms in total. The molecule has 0 saturated heterocycles. The van der Waals surface area contributed by atoms with Crippen LogP contribution in [0, 0.1) is 0 Å². The summed E-state index contributed by atoms with van der Waals surface area (Å²) in [4.78, 5) is 4.89. The van der Waals surface area contributed by atoms with E-state index in [1.807, 2.05) is 30.3 Å². The number of hydrogen-bond donors (Lipinski definition) is 1. The van der Waals surface area contributed by atoms with Crippen LogP contribution in [0.25, 0.3) is 0 Å². The molecular weight excluding hydrogens is 332 g/mol. The molecule has 1 saturated carbocycles. The first kappa shape index (κ1) is 14.7. The zero-order valence-corrected chi connectivity index (χ0v) is 13.9. The van der Waals surface area contributed by atoms with Gasteiger partial charge in [0, 0.05) is 16.0 Å². The number of amidine groups is 1. The van der Waals surface area contributed by atoms with Crippen LogP contribution in [0.5, 0.6) is 0 Å². The van der Waals surface area contributed by atoms with Crippen molar-refractivity contribution in [3.05, 3.63) is 64.7 Å². The molecular formula is C17H15ClN2O2S. The molecule has 0 radical (unpaired) electrons. The fraction of sp³-hybridized carbons (Fsp3) is 0.235. The fourth-order valence-corrected chi connectivity index (χ4v) is 4.35. The Kier molecular flexibility index (Phi) is 3.25. The fourth-order valence-electron chi connectivity index (χ4n) is 2.97. The first-order valence-corrected chi connectivity index (χ1v) is 9.29. The van der Waals surface area contributed by atoms with Gasteiger partial charge in [-0.2, -0.15) is 0 Å². The minimum atomic E-state index is -3.47. The van der Waals surface area contributed by atoms with Crippen molar-refractivity contribution in [2.75, 3.05) is 6.54 Å². The molecule has 1 fully saturated rings. The average Bonchev–Trinajstić information content (AvgIpc) is 3.28. The lowest BCUT2D eigenvalue weighted by Crippen LogP contribution is -2.24. The summed E-state index contributed by atoms with van der Waals surface area (Å²) in [5.41, 5.74) is 1.88. The van der Waals surface area contributed by atoms with Crippen molar-refractivity contribution in [3.63, 3.8) is 0 Å². The van der Waals surface area contributed by atoms with Crippen LogP contribution in [0.4, 0.5) is 0 Å². The monoisotopic (exact) mass is 346 g/mol. The van der Waals surface area contributed by atoms with E-state index in [2.05, 4.69) is 9.71 Å². The van der Waals surface area contributed by atoms with E-state index in [1.54, 1.807) is 18.2 Å². The summed E-state index contributed by atoms with van der Waals surface area (Å²) < 4.78 is 26.8. The number of rotatable bonds is 3. The molecule has 118 valence electrons. The molecule has 0 unspecified atom stereocenters. The van der Waals surface area contributed by atoms with Crippen molar-refractivity contribution < 1.29 is 8.42 Å². The number of sulfonamides is 1. The Morgan fingerprint density at radius 2 is 1.78 bits per heavy atom. The number of nitrogens with one attached hydrogen (secondary N) is 1. The Morgan fingerprint density at radius 1 is 1.09 bits per heavy atom. The van der Waals surface area contributed by atoms with Gasteiger partial charge in [-0.05, 0) is 42.7 Å². The second-order valence-corrected chi connectivity index (χ2v) is 8.14. The normalized spacial score (nSPS) is 21.7. The number of fused-ring (bicyclic) bond motifs is 1. The molecule has 2 aliphatic rings. The zero-order chi connectivity index (χ0) is 16.1. The van der Waals surface area contributed by atoms with Gasteiger partial charge in [0.2, 0.25) is 0 Å². The van der Waals surface area contributed by atoms with Gasteiger partial charge in [0.1, 0.15) is 5.84 Å². The van der Waals surface area contributed by atoms with E-state index in [0.717, 1.165) is 12.8 Å². The Hall–Kier alpha value is -1.85. The third-order valence-corrected chi connectivity index (χ3v) is 6.16. The Labute approximate surface area is 140 Å². The van der Waals surface area contributed by atoms with E-state index in [-0.39, 0.29) is 5.41 Å². The topological polar surface area (TPSA) is 58.5 Å². The van der Waals surface area contributed by atoms with Crippen LogP contribution in [0.3, 0.4) is 0 Å². The van der Waals surface area contributed by atoms with Crippen molar-refractivity contribution >= 4 is 27.5 Å². The van der Waals surface area contributed by atoms with Gasteiger partial charge in [0.15, 0.2) is 0 Å². The molecule has 2 aromatic carbocycles. The van der Waals surface area contributed by atoms with Gasteiger partial charge in [-0.25, -0.2) is 8.42 Å². The van der Waals surface area contributed by atoms with Crippen LogP contribution in [0.1, 0.15) is 24.0 Å². The van der Waals surface area contributed by atoms with Crippen LogP contribution in [-0.2, 0) is 15.4 Å². The average molecular weight is 347 g/mol. The van der Waals surface area contributed by atoms with Crippen molar-refractivity contribution in [2.24, 2.45) is 4.99 Å². The van der Waals surface area contributed by atoms with Gasteiger partial charge < -0.3 is 0 Å². The maximum absolute atomic E-state index is 12.1. The van der Waals surface area contributed by atoms with Crippen LogP contribution >= 0.6 is 11.6 Å². The summed E-state index contributed by atoms with van der Waals surface area (Å²) in [6.07, 6.45) is 2.11. The summed E-state index contributed by atoms with van der Waals surface area (Å²) in [5, 5.41) is 0.716. The molecule has 2 aromatic rings. The number of halogens is 1. The highest BCUT2D eigenvalue weighted by atomic mass is 35.5. The van der Waals surface area contributed by atoms with Gasteiger partial charge in [-0.1, -0.05) is 35.9 Å². The molecule has 1 aliphatic carbocycles. The Bertz CT molecular complexity index is 900. The van der Waals surface area contributed by atoms with E-state index in [1.165, 1.54) is 5.56 Å². The maximum atomic E-state index is 12.1. The van der Waals surface area contributed by atoms with Gasteiger partial charge >= 0.3 is 0 Å². The second kappa shape index (κ2) is 5.08. The Balaban J connectivity index is 1.64. The molecule has 0 aromatic heterocycles. The summed E-state index contributed by atoms with van der Waals surface area (Å²) in [6, 6.07) is 14.8. The first-order chi connectivity index (χ1) is 11.0. The largest absolute Gasteiger partial charge is 0.266 e. The summed E-state index contributed by atoms with van der Waals surface area (Å²) >= 11 is 5.95. The van der Waals surface area contributed by atoms with E-state index in [9.17, 15) is 8.42 Å². The molecule has 6 heteroatoms. The number of nitrogens with zero attached hydrogens (tertiary/aromatic N) is 1. The number of benzene rings is 2. The predicted molar refractivity (Wildman–Crippen MR) is 90.5 cm³/mol. The van der Waals surface area contributed by atoms with Crippen molar-refractivity contribution in [2.45, 2.75) is 23.2 Å². The lowest BCUT2D eigenvalue weighted by molar-refractivity contribution is 0.595. The van der Waals surface area contributed by atoms with Gasteiger partial charge in [0.05, 0.1) is 11.4 Å². The first-order valence-electron chi connectivity index (χ1n) is 7.43. The van der Waals surface area contributed by atoms with Crippen LogP contribution < -0.4 is 4.72 Å². The van der Waals surface area contributed by atoms with Gasteiger partial charge in [0.25, 0.3) is 10.0 Å². The van der Waals surface area contributed by atoms with Crippen LogP contribution in [0.15, 0.2) is 58.4 Å². The molecule has 23 heavy (non-hydrogen) atoms. The zero-order valence-electron chi connectivity index (χ0n) is 12.3. The third kappa shape index (κ3) is 2.54. The highest BCUT2D eigenvalue weighted by molar-refractivity contribution is 7.90. The molecule has 0 atom stereocenters. The molecule has 4 rings (SSSR count). The van der Waals surface area contributed by atoms with Crippen molar-refractivity contribution in [3.8, 4) is 0 Å². The molecule has 1 aliphatic heterocycles. The Morgan fingerprint density at radius 3 is 2.48 bits per heavy atom. The minimum Gasteiger partial charge on any atom is -0.266 e. The van der Waals surface area contributed by atoms with E-state index in [0.29, 0.717) is 27.9 Å². The standard InChI is InChI=1S/C17H15ClN2O2S/c18-13-7-5-12(6-8-13)17(9-10-17)11-19-16-14-3-1-2-4-15(14)23(21,22)20-16/h1-8H,9-11H2,(H,19,20). The quantitative estimate of drug-likeness (QED) is 0.928. The SMILES string of the molecule is O=S1(=O)NC(=NCC2(c3ccc(Cl)cc3)CC2)c2ccccc21. The van der Waals surface area contributed by atoms with Crippen LogP contribution in [0.2, 0.25) is 5.02 Å². The van der Waals surface area contributed by atoms with Gasteiger partial charge in [-0.3, -0.25) is 9.71 Å².